The first-order chi connectivity index (χ1) is 22.6. The van der Waals surface area contributed by atoms with E-state index in [-0.39, 0.29) is 18.1 Å². The van der Waals surface area contributed by atoms with Gasteiger partial charge in [-0.25, -0.2) is 0 Å². The van der Waals surface area contributed by atoms with E-state index in [0.29, 0.717) is 33.0 Å². The summed E-state index contributed by atoms with van der Waals surface area (Å²) in [6.07, 6.45) is 1.67. The second kappa shape index (κ2) is 15.8. The zero-order valence-electron chi connectivity index (χ0n) is 27.1. The number of nitrogens with two attached hydrogens (primary N) is 1. The number of likely N-dealkylation sites (N-methyl/N-ethyl adjacent to an activating group) is 1. The number of hydrogen-bond acceptors (Lipinski definition) is 10. The maximum absolute atomic E-state index is 6.69. The van der Waals surface area contributed by atoms with Gasteiger partial charge in [-0.1, -0.05) is 18.2 Å². The summed E-state index contributed by atoms with van der Waals surface area (Å²) >= 11 is 0. The van der Waals surface area contributed by atoms with Crippen LogP contribution in [-0.2, 0) is 20.8 Å². The highest BCUT2D eigenvalue weighted by Crippen LogP contribution is 2.37. The molecule has 10 heteroatoms. The summed E-state index contributed by atoms with van der Waals surface area (Å²) in [5, 5.41) is 3.54. The molecule has 3 unspecified atom stereocenters. The highest BCUT2D eigenvalue weighted by Gasteiger charge is 2.36. The fourth-order valence-corrected chi connectivity index (χ4v) is 6.47. The quantitative estimate of drug-likeness (QED) is 0.246. The number of piperidine rings is 1. The molecule has 1 saturated heterocycles. The van der Waals surface area contributed by atoms with Crippen molar-refractivity contribution in [3.8, 4) is 23.0 Å². The van der Waals surface area contributed by atoms with Crippen molar-refractivity contribution in [1.82, 2.24) is 5.32 Å². The van der Waals surface area contributed by atoms with E-state index in [1.807, 2.05) is 30.3 Å². The Kier molecular flexibility index (Phi) is 11.2. The van der Waals surface area contributed by atoms with Crippen LogP contribution < -0.4 is 35.1 Å². The molecule has 3 heterocycles. The van der Waals surface area contributed by atoms with E-state index in [1.165, 1.54) is 0 Å². The SMILES string of the molecule is COCCCN1CCOc2ccc(COC3CNCC(OCCCN)C3c3ccc(Oc4ccc5c(c4)OCCN5C)cc3)cc21. The lowest BCUT2D eigenvalue weighted by atomic mass is 9.85. The monoisotopic (exact) mass is 632 g/mol. The number of fused-ring (bicyclic) bond motifs is 2. The Bertz CT molecular complexity index is 1410. The number of benzene rings is 3. The van der Waals surface area contributed by atoms with E-state index in [2.05, 4.69) is 52.5 Å². The Morgan fingerprint density at radius 2 is 1.61 bits per heavy atom. The molecule has 0 aliphatic carbocycles. The lowest BCUT2D eigenvalue weighted by molar-refractivity contribution is -0.0599. The third kappa shape index (κ3) is 7.87. The van der Waals surface area contributed by atoms with Crippen molar-refractivity contribution in [3.63, 3.8) is 0 Å². The molecule has 3 aromatic carbocycles. The maximum Gasteiger partial charge on any atom is 0.146 e. The van der Waals surface area contributed by atoms with Crippen LogP contribution in [0.4, 0.5) is 11.4 Å². The van der Waals surface area contributed by atoms with Gasteiger partial charge in [-0.05, 0) is 66.9 Å². The molecule has 0 saturated carbocycles. The summed E-state index contributed by atoms with van der Waals surface area (Å²) in [7, 11) is 3.82. The van der Waals surface area contributed by atoms with Gasteiger partial charge in [0.1, 0.15) is 36.2 Å². The highest BCUT2D eigenvalue weighted by atomic mass is 16.5. The van der Waals surface area contributed by atoms with Gasteiger partial charge in [0.25, 0.3) is 0 Å². The normalized spacial score (nSPS) is 20.8. The first kappa shape index (κ1) is 32.4. The molecule has 0 radical (unpaired) electrons. The Morgan fingerprint density at radius 3 is 2.43 bits per heavy atom. The lowest BCUT2D eigenvalue weighted by Gasteiger charge is -2.39. The van der Waals surface area contributed by atoms with Crippen molar-refractivity contribution in [3.05, 3.63) is 71.8 Å². The van der Waals surface area contributed by atoms with Crippen LogP contribution >= 0.6 is 0 Å². The minimum atomic E-state index is -0.0803. The third-order valence-corrected chi connectivity index (χ3v) is 8.92. The lowest BCUT2D eigenvalue weighted by Crippen LogP contribution is -2.50. The van der Waals surface area contributed by atoms with Crippen LogP contribution in [-0.4, -0.2) is 92.1 Å². The summed E-state index contributed by atoms with van der Waals surface area (Å²) in [5.41, 5.74) is 10.3. The Labute approximate surface area is 272 Å². The number of hydrogen-bond donors (Lipinski definition) is 2. The molecule has 1 fully saturated rings. The summed E-state index contributed by atoms with van der Waals surface area (Å²) in [4.78, 5) is 4.58. The summed E-state index contributed by atoms with van der Waals surface area (Å²) < 4.78 is 36.4. The van der Waals surface area contributed by atoms with Crippen molar-refractivity contribution in [2.24, 2.45) is 5.73 Å². The van der Waals surface area contributed by atoms with Gasteiger partial charge in [-0.3, -0.25) is 0 Å². The molecule has 10 nitrogen and oxygen atoms in total. The fraction of sp³-hybridized carbons (Fsp3) is 0.500. The molecule has 0 aromatic heterocycles. The topological polar surface area (TPSA) is 99.9 Å². The fourth-order valence-electron chi connectivity index (χ4n) is 6.47. The van der Waals surface area contributed by atoms with E-state index < -0.39 is 0 Å². The van der Waals surface area contributed by atoms with Crippen molar-refractivity contribution >= 4 is 11.4 Å². The van der Waals surface area contributed by atoms with Gasteiger partial charge in [0, 0.05) is 59.0 Å². The number of anilines is 2. The Balaban J connectivity index is 1.16. The number of nitrogens with one attached hydrogen (secondary N) is 1. The number of methoxy groups -OCH3 is 1. The molecular weight excluding hydrogens is 584 g/mol. The molecular formula is C36H48N4O6. The van der Waals surface area contributed by atoms with Crippen molar-refractivity contribution in [1.29, 1.82) is 0 Å². The Hall–Kier alpha value is -3.54. The standard InChI is InChI=1S/C36H48N4O6/c1-39-15-19-44-33-22-29(10-11-30(33)39)46-28-8-6-27(7-9-28)36-34(42-18-3-13-37)23-38-24-35(36)45-25-26-5-12-32-31(21-26)40(16-20-43-32)14-4-17-41-2/h5-12,21-22,34-36,38H,3-4,13-20,23-25,37H2,1-2H3. The Morgan fingerprint density at radius 1 is 0.826 bits per heavy atom. The molecule has 0 spiro atoms. The zero-order chi connectivity index (χ0) is 31.7. The summed E-state index contributed by atoms with van der Waals surface area (Å²) in [6, 6.07) is 20.7. The van der Waals surface area contributed by atoms with Crippen molar-refractivity contribution in [2.45, 2.75) is 37.6 Å². The average Bonchev–Trinajstić information content (AvgIpc) is 3.08. The van der Waals surface area contributed by atoms with E-state index >= 15 is 0 Å². The van der Waals surface area contributed by atoms with Crippen LogP contribution in [0, 0.1) is 0 Å². The smallest absolute Gasteiger partial charge is 0.146 e. The summed E-state index contributed by atoms with van der Waals surface area (Å²) in [5.74, 6) is 3.34. The molecule has 3 atom stereocenters. The van der Waals surface area contributed by atoms with Crippen LogP contribution in [0.1, 0.15) is 29.9 Å². The van der Waals surface area contributed by atoms with E-state index in [0.717, 1.165) is 97.7 Å². The third-order valence-electron chi connectivity index (χ3n) is 8.92. The zero-order valence-corrected chi connectivity index (χ0v) is 27.1. The first-order valence-electron chi connectivity index (χ1n) is 16.5. The molecule has 3 aliphatic rings. The summed E-state index contributed by atoms with van der Waals surface area (Å²) in [6.45, 7) is 7.99. The van der Waals surface area contributed by atoms with Gasteiger partial charge >= 0.3 is 0 Å². The van der Waals surface area contributed by atoms with E-state index in [4.69, 9.17) is 34.2 Å². The average molecular weight is 633 g/mol. The van der Waals surface area contributed by atoms with Crippen LogP contribution in [0.15, 0.2) is 60.7 Å². The van der Waals surface area contributed by atoms with Crippen molar-refractivity contribution in [2.75, 3.05) is 89.7 Å². The number of nitrogens with zero attached hydrogens (tertiary/aromatic N) is 2. The molecule has 6 rings (SSSR count). The molecule has 3 N–H and O–H groups in total. The first-order valence-corrected chi connectivity index (χ1v) is 16.5. The minimum Gasteiger partial charge on any atom is -0.490 e. The molecule has 0 bridgehead atoms. The molecule has 248 valence electrons. The van der Waals surface area contributed by atoms with Gasteiger partial charge in [0.2, 0.25) is 0 Å². The van der Waals surface area contributed by atoms with E-state index in [9.17, 15) is 0 Å². The maximum atomic E-state index is 6.69. The predicted molar refractivity (Wildman–Crippen MR) is 180 cm³/mol. The van der Waals surface area contributed by atoms with Gasteiger partial charge in [0.05, 0.1) is 43.3 Å². The largest absolute Gasteiger partial charge is 0.490 e. The van der Waals surface area contributed by atoms with E-state index in [1.54, 1.807) is 7.11 Å². The van der Waals surface area contributed by atoms with Crippen LogP contribution in [0.25, 0.3) is 0 Å². The van der Waals surface area contributed by atoms with Crippen LogP contribution in [0.2, 0.25) is 0 Å². The number of ether oxygens (including phenoxy) is 6. The van der Waals surface area contributed by atoms with Crippen LogP contribution in [0.5, 0.6) is 23.0 Å². The molecule has 0 amide bonds. The van der Waals surface area contributed by atoms with Crippen molar-refractivity contribution < 1.29 is 28.4 Å². The van der Waals surface area contributed by atoms with Crippen LogP contribution in [0.3, 0.4) is 0 Å². The second-order valence-corrected chi connectivity index (χ2v) is 12.1. The predicted octanol–water partition coefficient (Wildman–Crippen LogP) is 4.55. The van der Waals surface area contributed by atoms with Gasteiger partial charge < -0.3 is 49.3 Å². The molecule has 3 aliphatic heterocycles. The van der Waals surface area contributed by atoms with Gasteiger partial charge in [-0.15, -0.1) is 0 Å². The van der Waals surface area contributed by atoms with Gasteiger partial charge in [0.15, 0.2) is 0 Å². The molecule has 3 aromatic rings. The highest BCUT2D eigenvalue weighted by molar-refractivity contribution is 5.62. The minimum absolute atomic E-state index is 0.0416. The molecule has 46 heavy (non-hydrogen) atoms. The number of rotatable bonds is 14. The van der Waals surface area contributed by atoms with Gasteiger partial charge in [-0.2, -0.15) is 0 Å². The second-order valence-electron chi connectivity index (χ2n) is 12.1.